The molecule has 4 nitrogen and oxygen atoms in total. The lowest BCUT2D eigenvalue weighted by molar-refractivity contribution is -0.256. The third-order valence-electron chi connectivity index (χ3n) is 3.42. The number of rotatable bonds is 6. The molecule has 0 heterocycles. The number of allylic oxidation sites excluding steroid dienone is 4. The first-order valence-corrected chi connectivity index (χ1v) is 7.16. The molecule has 1 N–H and O–H groups in total. The molecule has 2 atom stereocenters. The molecule has 0 amide bonds. The van der Waals surface area contributed by atoms with Crippen molar-refractivity contribution >= 4 is 11.6 Å². The average Bonchev–Trinajstić information content (AvgIpc) is 2.52. The molecule has 0 fully saturated rings. The Labute approximate surface area is 133 Å². The van der Waals surface area contributed by atoms with Gasteiger partial charge >= 0.3 is 0 Å². The minimum atomic E-state index is -1.39. The van der Waals surface area contributed by atoms with Gasteiger partial charge in [0.05, 0.1) is 13.7 Å². The number of benzene rings is 1. The van der Waals surface area contributed by atoms with Crippen molar-refractivity contribution in [2.24, 2.45) is 0 Å². The van der Waals surface area contributed by atoms with E-state index in [-0.39, 0.29) is 12.5 Å². The minimum Gasteiger partial charge on any atom is -0.496 e. The first kappa shape index (κ1) is 17.0. The smallest absolute Gasteiger partial charge is 0.269 e. The monoisotopic (exact) mass is 328 g/mol. The molecule has 2 rings (SSSR count). The van der Waals surface area contributed by atoms with Crippen LogP contribution in [0.4, 0.5) is 4.39 Å². The quantitative estimate of drug-likeness (QED) is 0.813. The fourth-order valence-electron chi connectivity index (χ4n) is 2.33. The molecule has 1 aromatic carbocycles. The molecule has 22 heavy (non-hydrogen) atoms. The average molecular weight is 329 g/mol. The van der Waals surface area contributed by atoms with Crippen molar-refractivity contribution in [1.29, 1.82) is 0 Å². The topological polar surface area (TPSA) is 47.9 Å². The van der Waals surface area contributed by atoms with Gasteiger partial charge in [-0.25, -0.2) is 4.39 Å². The summed E-state index contributed by atoms with van der Waals surface area (Å²) in [4.78, 5) is 0. The van der Waals surface area contributed by atoms with Crippen molar-refractivity contribution in [2.45, 2.75) is 25.4 Å². The minimum absolute atomic E-state index is 0.113. The Morgan fingerprint density at radius 2 is 2.18 bits per heavy atom. The van der Waals surface area contributed by atoms with Crippen LogP contribution in [0.25, 0.3) is 0 Å². The van der Waals surface area contributed by atoms with Crippen LogP contribution < -0.4 is 4.74 Å². The van der Waals surface area contributed by atoms with E-state index < -0.39 is 12.3 Å². The van der Waals surface area contributed by atoms with Gasteiger partial charge in [0.1, 0.15) is 11.6 Å². The van der Waals surface area contributed by atoms with Crippen LogP contribution in [-0.2, 0) is 16.1 Å². The van der Waals surface area contributed by atoms with Crippen LogP contribution in [0.3, 0.4) is 0 Å². The maximum Gasteiger partial charge on any atom is 0.269 e. The predicted octanol–water partition coefficient (Wildman–Crippen LogP) is 3.44. The van der Waals surface area contributed by atoms with Crippen molar-refractivity contribution in [3.05, 3.63) is 52.3 Å². The largest absolute Gasteiger partial charge is 0.496 e. The molecule has 1 aromatic rings. The molecule has 0 radical (unpaired) electrons. The summed E-state index contributed by atoms with van der Waals surface area (Å²) >= 11 is 6.01. The fourth-order valence-corrected chi connectivity index (χ4v) is 2.57. The normalized spacial score (nSPS) is 19.0. The maximum absolute atomic E-state index is 14.8. The molecule has 6 heteroatoms. The van der Waals surface area contributed by atoms with Crippen molar-refractivity contribution in [3.63, 3.8) is 0 Å². The highest BCUT2D eigenvalue weighted by Crippen LogP contribution is 2.37. The Bertz CT molecular complexity index is 586. The highest BCUT2D eigenvalue weighted by molar-refractivity contribution is 6.31. The number of methoxy groups -OCH3 is 2. The van der Waals surface area contributed by atoms with Crippen molar-refractivity contribution < 1.29 is 23.7 Å². The van der Waals surface area contributed by atoms with E-state index in [1.165, 1.54) is 14.2 Å². The third kappa shape index (κ3) is 3.87. The molecular weight excluding hydrogens is 311 g/mol. The summed E-state index contributed by atoms with van der Waals surface area (Å²) in [5.74, 6) is -0.182. The zero-order chi connectivity index (χ0) is 16.1. The molecule has 0 spiro atoms. The molecule has 0 aliphatic heterocycles. The Balaban J connectivity index is 2.32. The van der Waals surface area contributed by atoms with Gasteiger partial charge in [-0.1, -0.05) is 29.8 Å². The number of aliphatic hydroxyl groups excluding tert-OH is 1. The van der Waals surface area contributed by atoms with E-state index in [1.54, 1.807) is 24.3 Å². The Morgan fingerprint density at radius 1 is 1.41 bits per heavy atom. The molecule has 1 aliphatic rings. The summed E-state index contributed by atoms with van der Waals surface area (Å²) in [5, 5.41) is 9.80. The summed E-state index contributed by atoms with van der Waals surface area (Å²) in [5.41, 5.74) is 0.740. The van der Waals surface area contributed by atoms with Crippen LogP contribution in [0.1, 0.15) is 23.5 Å². The molecular formula is C16H18ClFO4. The predicted molar refractivity (Wildman–Crippen MR) is 81.2 cm³/mol. The van der Waals surface area contributed by atoms with Crippen LogP contribution in [0, 0.1) is 5.82 Å². The second-order valence-electron chi connectivity index (χ2n) is 4.80. The molecule has 0 saturated heterocycles. The van der Waals surface area contributed by atoms with Gasteiger partial charge in [0.15, 0.2) is 0 Å². The van der Waals surface area contributed by atoms with Gasteiger partial charge in [-0.3, -0.25) is 0 Å². The summed E-state index contributed by atoms with van der Waals surface area (Å²) in [6.45, 7) is -1.51. The van der Waals surface area contributed by atoms with Crippen molar-refractivity contribution in [2.75, 3.05) is 14.2 Å². The number of halogens is 2. The summed E-state index contributed by atoms with van der Waals surface area (Å²) in [7, 11) is 2.79. The van der Waals surface area contributed by atoms with Gasteiger partial charge < -0.3 is 19.3 Å². The van der Waals surface area contributed by atoms with E-state index in [1.807, 2.05) is 6.08 Å². The molecule has 1 unspecified atom stereocenters. The van der Waals surface area contributed by atoms with E-state index >= 15 is 0 Å². The standard InChI is InChI=1S/C16H18ClFO4/c1-20-13-7-6-11(9-22-16(19)21-2)15(18)14(13)10-4-3-5-12(17)8-10/h3,5-8,10,16,19H,4,9H2,1-2H3/t10?,16-/m0/s1. The SMILES string of the molecule is COc1ccc(CO[C@@H](O)OC)c(F)c1C1C=C(Cl)C=CC1. The second-order valence-corrected chi connectivity index (χ2v) is 5.24. The fraction of sp³-hybridized carbons (Fsp3) is 0.375. The zero-order valence-electron chi connectivity index (χ0n) is 12.4. The van der Waals surface area contributed by atoms with Crippen molar-refractivity contribution in [3.8, 4) is 5.75 Å². The van der Waals surface area contributed by atoms with E-state index in [2.05, 4.69) is 4.74 Å². The van der Waals surface area contributed by atoms with E-state index in [0.29, 0.717) is 28.3 Å². The van der Waals surface area contributed by atoms with Gasteiger partial charge in [0.2, 0.25) is 0 Å². The lowest BCUT2D eigenvalue weighted by Gasteiger charge is -2.20. The van der Waals surface area contributed by atoms with Crippen LogP contribution in [0.2, 0.25) is 0 Å². The molecule has 0 saturated carbocycles. The van der Waals surface area contributed by atoms with Gasteiger partial charge in [-0.05, 0) is 18.6 Å². The van der Waals surface area contributed by atoms with E-state index in [0.717, 1.165) is 0 Å². The number of aliphatic hydroxyl groups is 1. The zero-order valence-corrected chi connectivity index (χ0v) is 13.1. The van der Waals surface area contributed by atoms with Gasteiger partial charge in [-0.2, -0.15) is 0 Å². The van der Waals surface area contributed by atoms with Crippen LogP contribution in [0.15, 0.2) is 35.4 Å². The number of hydrogen-bond acceptors (Lipinski definition) is 4. The highest BCUT2D eigenvalue weighted by Gasteiger charge is 2.22. The van der Waals surface area contributed by atoms with Gasteiger partial charge in [0, 0.05) is 29.2 Å². The van der Waals surface area contributed by atoms with Crippen LogP contribution in [-0.4, -0.2) is 25.8 Å². The molecule has 120 valence electrons. The lowest BCUT2D eigenvalue weighted by atomic mass is 9.90. The Morgan fingerprint density at radius 3 is 2.82 bits per heavy atom. The Kier molecular flexibility index (Phi) is 5.97. The van der Waals surface area contributed by atoms with Crippen molar-refractivity contribution in [1.82, 2.24) is 0 Å². The number of ether oxygens (including phenoxy) is 3. The van der Waals surface area contributed by atoms with E-state index in [9.17, 15) is 9.50 Å². The summed E-state index contributed by atoms with van der Waals surface area (Å²) in [6.07, 6.45) is 6.10. The molecule has 1 aliphatic carbocycles. The van der Waals surface area contributed by atoms with E-state index in [4.69, 9.17) is 21.1 Å². The maximum atomic E-state index is 14.8. The summed E-state index contributed by atoms with van der Waals surface area (Å²) < 4.78 is 29.6. The van der Waals surface area contributed by atoms with Gasteiger partial charge in [0.25, 0.3) is 6.48 Å². The van der Waals surface area contributed by atoms with Crippen LogP contribution >= 0.6 is 11.6 Å². The van der Waals surface area contributed by atoms with Gasteiger partial charge in [-0.15, -0.1) is 0 Å². The number of hydrogen-bond donors (Lipinski definition) is 1. The summed E-state index contributed by atoms with van der Waals surface area (Å²) in [6, 6.07) is 3.24. The first-order chi connectivity index (χ1) is 10.6. The molecule has 0 aromatic heterocycles. The first-order valence-electron chi connectivity index (χ1n) is 6.78. The highest BCUT2D eigenvalue weighted by atomic mass is 35.5. The third-order valence-corrected chi connectivity index (χ3v) is 3.67. The Hall–Kier alpha value is -1.40. The van der Waals surface area contributed by atoms with Crippen LogP contribution in [0.5, 0.6) is 5.75 Å². The second kappa shape index (κ2) is 7.74. The lowest BCUT2D eigenvalue weighted by Crippen LogP contribution is -2.15. The molecule has 0 bridgehead atoms.